The molecule has 182 valence electrons. The number of amides is 2. The Morgan fingerprint density at radius 2 is 1.88 bits per heavy atom. The fraction of sp³-hybridized carbons (Fsp3) is 0.591. The van der Waals surface area contributed by atoms with Crippen LogP contribution in [0, 0.1) is 12.3 Å². The van der Waals surface area contributed by atoms with Crippen molar-refractivity contribution in [1.82, 2.24) is 10.5 Å². The molecule has 1 aromatic rings. The van der Waals surface area contributed by atoms with Crippen LogP contribution in [0.25, 0.3) is 0 Å². The van der Waals surface area contributed by atoms with Crippen LogP contribution in [0.1, 0.15) is 46.0 Å². The standard InChI is InChI=1S/C13H16N2OS.C7H15NO5.C2H6/c1-2-3-4-5-10-14-13(16)15-11-6-8-12(17)9-7-11;9-6-3-5(1-2-8(11)12)13-4-7(6)10;1-2/h1,6-9,17H,3-5,10H2,(H2,14,15,16);5-7,9-12H,1-4H2;1-2H3. The normalized spacial score (nSPS) is 19.5. The van der Waals surface area contributed by atoms with Crippen LogP contribution in [0.5, 0.6) is 0 Å². The van der Waals surface area contributed by atoms with E-state index in [-0.39, 0.29) is 30.5 Å². The highest BCUT2D eigenvalue weighted by atomic mass is 32.1. The molecule has 10 heteroatoms. The third-order valence-electron chi connectivity index (χ3n) is 4.26. The van der Waals surface area contributed by atoms with Crippen LogP contribution in [0.3, 0.4) is 0 Å². The number of rotatable bonds is 8. The van der Waals surface area contributed by atoms with Crippen molar-refractivity contribution in [1.29, 1.82) is 0 Å². The highest BCUT2D eigenvalue weighted by Gasteiger charge is 2.28. The Kier molecular flexibility index (Phi) is 17.6. The zero-order valence-corrected chi connectivity index (χ0v) is 19.7. The SMILES string of the molecule is C#CCCCCNC(=O)Nc1ccc(S)cc1.CC.OC1COC(CCN(O)O)CC1O. The van der Waals surface area contributed by atoms with Crippen LogP contribution < -0.4 is 10.6 Å². The van der Waals surface area contributed by atoms with Gasteiger partial charge in [-0.1, -0.05) is 19.1 Å². The van der Waals surface area contributed by atoms with Crippen LogP contribution in [-0.4, -0.2) is 69.9 Å². The Balaban J connectivity index is 0.000000574. The maximum Gasteiger partial charge on any atom is 0.319 e. The van der Waals surface area contributed by atoms with Crippen LogP contribution in [0.2, 0.25) is 0 Å². The molecule has 3 unspecified atom stereocenters. The quantitative estimate of drug-likeness (QED) is 0.134. The van der Waals surface area contributed by atoms with Gasteiger partial charge in [-0.3, -0.25) is 10.4 Å². The van der Waals surface area contributed by atoms with E-state index >= 15 is 0 Å². The molecule has 0 saturated carbocycles. The number of hydroxylamine groups is 2. The third kappa shape index (κ3) is 15.0. The number of hydrogen-bond acceptors (Lipinski definition) is 8. The molecule has 3 atom stereocenters. The molecule has 2 rings (SSSR count). The fourth-order valence-corrected chi connectivity index (χ4v) is 2.72. The summed E-state index contributed by atoms with van der Waals surface area (Å²) in [4.78, 5) is 12.3. The molecular weight excluding hydrogens is 434 g/mol. The lowest BCUT2D eigenvalue weighted by Gasteiger charge is -2.30. The number of anilines is 1. The smallest absolute Gasteiger partial charge is 0.319 e. The predicted molar refractivity (Wildman–Crippen MR) is 126 cm³/mol. The molecule has 1 aliphatic rings. The van der Waals surface area contributed by atoms with Gasteiger partial charge in [0.15, 0.2) is 0 Å². The summed E-state index contributed by atoms with van der Waals surface area (Å²) in [6.07, 6.45) is 6.64. The number of nitrogens with one attached hydrogen (secondary N) is 2. The van der Waals surface area contributed by atoms with Gasteiger partial charge in [0.05, 0.1) is 25.4 Å². The highest BCUT2D eigenvalue weighted by molar-refractivity contribution is 7.80. The number of carbonyl (C=O) groups excluding carboxylic acids is 1. The summed E-state index contributed by atoms with van der Waals surface area (Å²) in [5.74, 6) is 2.57. The van der Waals surface area contributed by atoms with E-state index < -0.39 is 12.2 Å². The molecule has 2 amide bonds. The summed E-state index contributed by atoms with van der Waals surface area (Å²) in [6, 6.07) is 7.07. The minimum atomic E-state index is -0.824. The number of aliphatic hydroxyl groups excluding tert-OH is 2. The van der Waals surface area contributed by atoms with Crippen LogP contribution in [0.15, 0.2) is 29.2 Å². The van der Waals surface area contributed by atoms with E-state index in [9.17, 15) is 9.90 Å². The second-order valence-electron chi connectivity index (χ2n) is 6.80. The summed E-state index contributed by atoms with van der Waals surface area (Å²) < 4.78 is 5.15. The van der Waals surface area contributed by atoms with Gasteiger partial charge < -0.3 is 25.6 Å². The lowest BCUT2D eigenvalue weighted by atomic mass is 10.0. The molecule has 9 nitrogen and oxygen atoms in total. The number of aliphatic hydroxyl groups is 2. The maximum atomic E-state index is 11.4. The number of urea groups is 1. The first kappa shape index (κ1) is 30.2. The molecule has 1 fully saturated rings. The molecule has 1 saturated heterocycles. The Hall–Kier alpha value is -1.84. The van der Waals surface area contributed by atoms with E-state index in [2.05, 4.69) is 29.2 Å². The van der Waals surface area contributed by atoms with Gasteiger partial charge in [-0.2, -0.15) is 0 Å². The second kappa shape index (κ2) is 18.7. The Labute approximate surface area is 196 Å². The first-order chi connectivity index (χ1) is 15.3. The number of nitrogens with zero attached hydrogens (tertiary/aromatic N) is 1. The number of benzene rings is 1. The molecule has 0 bridgehead atoms. The molecular formula is C22H37N3O6S. The number of thiol groups is 1. The summed E-state index contributed by atoms with van der Waals surface area (Å²) in [7, 11) is 0. The summed E-state index contributed by atoms with van der Waals surface area (Å²) in [5.41, 5.74) is 0.754. The van der Waals surface area contributed by atoms with Crippen molar-refractivity contribution in [3.05, 3.63) is 24.3 Å². The molecule has 0 radical (unpaired) electrons. The van der Waals surface area contributed by atoms with E-state index in [1.54, 1.807) is 12.1 Å². The first-order valence-corrected chi connectivity index (χ1v) is 11.2. The average Bonchev–Trinajstić information content (AvgIpc) is 2.78. The average molecular weight is 472 g/mol. The molecule has 0 spiro atoms. The van der Waals surface area contributed by atoms with E-state index in [4.69, 9.17) is 26.7 Å². The highest BCUT2D eigenvalue weighted by Crippen LogP contribution is 2.17. The van der Waals surface area contributed by atoms with E-state index in [1.165, 1.54) is 0 Å². The van der Waals surface area contributed by atoms with Crippen molar-refractivity contribution in [2.45, 2.75) is 69.2 Å². The molecule has 1 aliphatic heterocycles. The van der Waals surface area contributed by atoms with Crippen LogP contribution in [0.4, 0.5) is 10.5 Å². The van der Waals surface area contributed by atoms with Gasteiger partial charge in [0.1, 0.15) is 6.10 Å². The molecule has 0 aromatic heterocycles. The van der Waals surface area contributed by atoms with Crippen molar-refractivity contribution in [3.63, 3.8) is 0 Å². The summed E-state index contributed by atoms with van der Waals surface area (Å²) in [5, 5.41) is 40.8. The number of ether oxygens (including phenoxy) is 1. The van der Waals surface area contributed by atoms with Gasteiger partial charge in [0.2, 0.25) is 0 Å². The molecule has 6 N–H and O–H groups in total. The Morgan fingerprint density at radius 1 is 1.22 bits per heavy atom. The summed E-state index contributed by atoms with van der Waals surface area (Å²) in [6.45, 7) is 4.80. The van der Waals surface area contributed by atoms with Gasteiger partial charge in [0, 0.05) is 30.0 Å². The van der Waals surface area contributed by atoms with Crippen molar-refractivity contribution in [2.24, 2.45) is 0 Å². The van der Waals surface area contributed by atoms with Crippen molar-refractivity contribution in [3.8, 4) is 12.3 Å². The van der Waals surface area contributed by atoms with E-state index in [1.807, 2.05) is 26.0 Å². The number of hydrogen-bond donors (Lipinski definition) is 7. The third-order valence-corrected chi connectivity index (χ3v) is 4.56. The van der Waals surface area contributed by atoms with Crippen LogP contribution >= 0.6 is 12.6 Å². The number of unbranched alkanes of at least 4 members (excludes halogenated alkanes) is 2. The van der Waals surface area contributed by atoms with Crippen LogP contribution in [-0.2, 0) is 4.74 Å². The van der Waals surface area contributed by atoms with Gasteiger partial charge in [-0.25, -0.2) is 4.79 Å². The number of terminal acetylenes is 1. The predicted octanol–water partition coefficient (Wildman–Crippen LogP) is 2.89. The Morgan fingerprint density at radius 3 is 2.44 bits per heavy atom. The van der Waals surface area contributed by atoms with Gasteiger partial charge in [-0.05, 0) is 43.5 Å². The minimum absolute atomic E-state index is 0.0630. The zero-order chi connectivity index (χ0) is 24.4. The van der Waals surface area contributed by atoms with Crippen molar-refractivity contribution in [2.75, 3.05) is 25.0 Å². The topological polar surface area (TPSA) is 135 Å². The van der Waals surface area contributed by atoms with Gasteiger partial charge in [-0.15, -0.1) is 25.0 Å². The van der Waals surface area contributed by atoms with E-state index in [0.717, 1.165) is 29.8 Å². The van der Waals surface area contributed by atoms with Gasteiger partial charge in [0.25, 0.3) is 0 Å². The minimum Gasteiger partial charge on any atom is -0.390 e. The summed E-state index contributed by atoms with van der Waals surface area (Å²) >= 11 is 4.17. The fourth-order valence-electron chi connectivity index (χ4n) is 2.57. The first-order valence-electron chi connectivity index (χ1n) is 10.7. The lowest BCUT2D eigenvalue weighted by Crippen LogP contribution is -2.42. The molecule has 32 heavy (non-hydrogen) atoms. The maximum absolute atomic E-state index is 11.4. The lowest BCUT2D eigenvalue weighted by molar-refractivity contribution is -0.309. The zero-order valence-electron chi connectivity index (χ0n) is 18.8. The van der Waals surface area contributed by atoms with Crippen molar-refractivity contribution < 1.29 is 30.2 Å². The molecule has 1 heterocycles. The van der Waals surface area contributed by atoms with Crippen molar-refractivity contribution >= 4 is 24.3 Å². The van der Waals surface area contributed by atoms with Gasteiger partial charge >= 0.3 is 6.03 Å². The monoisotopic (exact) mass is 471 g/mol. The Bertz CT molecular complexity index is 654. The second-order valence-corrected chi connectivity index (χ2v) is 7.32. The molecule has 1 aromatic carbocycles. The largest absolute Gasteiger partial charge is 0.390 e. The number of carbonyl (C=O) groups is 1. The molecule has 0 aliphatic carbocycles. The van der Waals surface area contributed by atoms with E-state index in [0.29, 0.717) is 19.4 Å².